The number of nitrogens with zero attached hydrogens (tertiary/aromatic N) is 2. The smallest absolute Gasteiger partial charge is 0.237 e. The Labute approximate surface area is 144 Å². The lowest BCUT2D eigenvalue weighted by Crippen LogP contribution is -2.23. The minimum Gasteiger partial charge on any atom is -0.322 e. The van der Waals surface area contributed by atoms with Gasteiger partial charge in [0.1, 0.15) is 0 Å². The van der Waals surface area contributed by atoms with Gasteiger partial charge in [-0.1, -0.05) is 29.3 Å². The summed E-state index contributed by atoms with van der Waals surface area (Å²) in [7, 11) is 1.85. The Morgan fingerprint density at radius 3 is 2.41 bits per heavy atom. The molecule has 1 aromatic carbocycles. The van der Waals surface area contributed by atoms with E-state index in [0.29, 0.717) is 14.9 Å². The lowest BCUT2D eigenvalue weighted by Gasteiger charge is -2.14. The van der Waals surface area contributed by atoms with Gasteiger partial charge in [-0.2, -0.15) is 5.10 Å². The van der Waals surface area contributed by atoms with E-state index >= 15 is 0 Å². The van der Waals surface area contributed by atoms with Crippen molar-refractivity contribution >= 4 is 46.6 Å². The van der Waals surface area contributed by atoms with Crippen LogP contribution in [0.15, 0.2) is 23.1 Å². The van der Waals surface area contributed by atoms with Gasteiger partial charge in [-0.3, -0.25) is 9.48 Å². The van der Waals surface area contributed by atoms with Crippen molar-refractivity contribution in [3.63, 3.8) is 0 Å². The first-order valence-corrected chi connectivity index (χ1v) is 8.36. The molecule has 0 aliphatic carbocycles. The van der Waals surface area contributed by atoms with Crippen molar-refractivity contribution in [3.8, 4) is 0 Å². The van der Waals surface area contributed by atoms with Crippen molar-refractivity contribution in [2.45, 2.75) is 30.9 Å². The van der Waals surface area contributed by atoms with Gasteiger partial charge in [-0.15, -0.1) is 11.8 Å². The molecule has 0 saturated carbocycles. The molecule has 0 bridgehead atoms. The van der Waals surface area contributed by atoms with Crippen LogP contribution in [0.2, 0.25) is 10.0 Å². The van der Waals surface area contributed by atoms with Crippen LogP contribution in [0.25, 0.3) is 0 Å². The van der Waals surface area contributed by atoms with Gasteiger partial charge in [0.25, 0.3) is 0 Å². The lowest BCUT2D eigenvalue weighted by molar-refractivity contribution is -0.115. The number of amides is 1. The van der Waals surface area contributed by atoms with Crippen LogP contribution in [0.5, 0.6) is 0 Å². The summed E-state index contributed by atoms with van der Waals surface area (Å²) in [6.07, 6.45) is 0. The molecule has 0 aliphatic heterocycles. The SMILES string of the molecule is Cc1nn(C)c(C)c1NC(=O)C(C)Sc1c(Cl)cccc1Cl. The highest BCUT2D eigenvalue weighted by Crippen LogP contribution is 2.36. The second kappa shape index (κ2) is 6.94. The summed E-state index contributed by atoms with van der Waals surface area (Å²) in [5.74, 6) is -0.111. The fraction of sp³-hybridized carbons (Fsp3) is 0.333. The van der Waals surface area contributed by atoms with Gasteiger partial charge < -0.3 is 5.32 Å². The van der Waals surface area contributed by atoms with E-state index in [9.17, 15) is 4.79 Å². The second-order valence-corrected chi connectivity index (χ2v) is 7.13. The van der Waals surface area contributed by atoms with E-state index in [1.54, 1.807) is 22.9 Å². The fourth-order valence-electron chi connectivity index (χ4n) is 2.00. The third-order valence-electron chi connectivity index (χ3n) is 3.34. The molecule has 1 atom stereocenters. The van der Waals surface area contributed by atoms with Crippen LogP contribution < -0.4 is 5.32 Å². The Morgan fingerprint density at radius 1 is 1.32 bits per heavy atom. The normalized spacial score (nSPS) is 12.3. The Balaban J connectivity index is 2.13. The molecule has 118 valence electrons. The highest BCUT2D eigenvalue weighted by molar-refractivity contribution is 8.00. The van der Waals surface area contributed by atoms with E-state index < -0.39 is 0 Å². The minimum atomic E-state index is -0.337. The quantitative estimate of drug-likeness (QED) is 0.821. The van der Waals surface area contributed by atoms with Crippen LogP contribution in [-0.4, -0.2) is 20.9 Å². The maximum absolute atomic E-state index is 12.4. The number of carbonyl (C=O) groups is 1. The second-order valence-electron chi connectivity index (χ2n) is 4.97. The van der Waals surface area contributed by atoms with Gasteiger partial charge in [0.05, 0.1) is 32.4 Å². The van der Waals surface area contributed by atoms with Crippen molar-refractivity contribution in [2.75, 3.05) is 5.32 Å². The molecule has 0 fully saturated rings. The van der Waals surface area contributed by atoms with Crippen molar-refractivity contribution in [1.82, 2.24) is 9.78 Å². The Kier molecular flexibility index (Phi) is 5.42. The van der Waals surface area contributed by atoms with Crippen LogP contribution in [0.3, 0.4) is 0 Å². The maximum Gasteiger partial charge on any atom is 0.237 e. The minimum absolute atomic E-state index is 0.111. The summed E-state index contributed by atoms with van der Waals surface area (Å²) in [6, 6.07) is 5.30. The Morgan fingerprint density at radius 2 is 1.91 bits per heavy atom. The summed E-state index contributed by atoms with van der Waals surface area (Å²) >= 11 is 13.6. The summed E-state index contributed by atoms with van der Waals surface area (Å²) < 4.78 is 1.74. The van der Waals surface area contributed by atoms with Crippen molar-refractivity contribution in [3.05, 3.63) is 39.6 Å². The lowest BCUT2D eigenvalue weighted by atomic mass is 10.3. The van der Waals surface area contributed by atoms with E-state index in [4.69, 9.17) is 23.2 Å². The van der Waals surface area contributed by atoms with Crippen molar-refractivity contribution in [2.24, 2.45) is 7.05 Å². The number of benzene rings is 1. The van der Waals surface area contributed by atoms with Crippen LogP contribution >= 0.6 is 35.0 Å². The molecule has 1 heterocycles. The molecule has 0 radical (unpaired) electrons. The summed E-state index contributed by atoms with van der Waals surface area (Å²) in [4.78, 5) is 13.1. The van der Waals surface area contributed by atoms with Gasteiger partial charge in [0, 0.05) is 11.9 Å². The zero-order valence-corrected chi connectivity index (χ0v) is 15.1. The molecular formula is C15H17Cl2N3OS. The van der Waals surface area contributed by atoms with Crippen LogP contribution in [0.4, 0.5) is 5.69 Å². The summed E-state index contributed by atoms with van der Waals surface area (Å²) in [6.45, 7) is 5.60. The predicted octanol–water partition coefficient (Wildman–Crippen LogP) is 4.46. The zero-order chi connectivity index (χ0) is 16.4. The van der Waals surface area contributed by atoms with Crippen LogP contribution in [0.1, 0.15) is 18.3 Å². The van der Waals surface area contributed by atoms with Gasteiger partial charge in [-0.05, 0) is 32.9 Å². The number of rotatable bonds is 4. The zero-order valence-electron chi connectivity index (χ0n) is 12.8. The molecule has 0 spiro atoms. The fourth-order valence-corrected chi connectivity index (χ4v) is 3.55. The number of carbonyl (C=O) groups excluding carboxylic acids is 1. The molecule has 4 nitrogen and oxygen atoms in total. The van der Waals surface area contributed by atoms with Gasteiger partial charge in [0.15, 0.2) is 0 Å². The first-order valence-electron chi connectivity index (χ1n) is 6.73. The van der Waals surface area contributed by atoms with E-state index in [0.717, 1.165) is 17.1 Å². The number of nitrogens with one attached hydrogen (secondary N) is 1. The molecule has 2 rings (SSSR count). The molecule has 1 amide bonds. The third-order valence-corrected chi connectivity index (χ3v) is 5.44. The molecule has 0 saturated heterocycles. The molecule has 1 aromatic heterocycles. The number of aryl methyl sites for hydroxylation is 2. The molecular weight excluding hydrogens is 341 g/mol. The average Bonchev–Trinajstić information content (AvgIpc) is 2.69. The number of aromatic nitrogens is 2. The van der Waals surface area contributed by atoms with Crippen molar-refractivity contribution in [1.29, 1.82) is 0 Å². The Bertz CT molecular complexity index is 695. The van der Waals surface area contributed by atoms with Crippen LogP contribution in [-0.2, 0) is 11.8 Å². The van der Waals surface area contributed by atoms with E-state index in [-0.39, 0.29) is 11.2 Å². The van der Waals surface area contributed by atoms with Gasteiger partial charge >= 0.3 is 0 Å². The topological polar surface area (TPSA) is 46.9 Å². The number of thioether (sulfide) groups is 1. The number of anilines is 1. The first-order chi connectivity index (χ1) is 10.3. The third kappa shape index (κ3) is 3.59. The van der Waals surface area contributed by atoms with E-state index in [1.807, 2.05) is 27.8 Å². The standard InChI is InChI=1S/C15H17Cl2N3OS/c1-8-13(9(2)20(4)19-8)18-15(21)10(3)22-14-11(16)6-5-7-12(14)17/h5-7,10H,1-4H3,(H,18,21). The largest absolute Gasteiger partial charge is 0.322 e. The first kappa shape index (κ1) is 17.2. The van der Waals surface area contributed by atoms with E-state index in [1.165, 1.54) is 11.8 Å². The maximum atomic E-state index is 12.4. The summed E-state index contributed by atoms with van der Waals surface area (Å²) in [5.41, 5.74) is 2.46. The molecule has 0 aliphatic rings. The van der Waals surface area contributed by atoms with Gasteiger partial charge in [0.2, 0.25) is 5.91 Å². The van der Waals surface area contributed by atoms with Crippen LogP contribution in [0, 0.1) is 13.8 Å². The predicted molar refractivity (Wildman–Crippen MR) is 93.1 cm³/mol. The average molecular weight is 358 g/mol. The Hall–Kier alpha value is -1.17. The highest BCUT2D eigenvalue weighted by atomic mass is 35.5. The van der Waals surface area contributed by atoms with Crippen molar-refractivity contribution < 1.29 is 4.79 Å². The monoisotopic (exact) mass is 357 g/mol. The number of hydrogen-bond donors (Lipinski definition) is 1. The molecule has 1 unspecified atom stereocenters. The molecule has 22 heavy (non-hydrogen) atoms. The molecule has 7 heteroatoms. The highest BCUT2D eigenvalue weighted by Gasteiger charge is 2.20. The molecule has 2 aromatic rings. The number of hydrogen-bond acceptors (Lipinski definition) is 3. The summed E-state index contributed by atoms with van der Waals surface area (Å²) in [5, 5.41) is 7.97. The molecule has 1 N–H and O–H groups in total. The number of halogens is 2. The van der Waals surface area contributed by atoms with Gasteiger partial charge in [-0.25, -0.2) is 0 Å². The van der Waals surface area contributed by atoms with E-state index in [2.05, 4.69) is 10.4 Å².